The van der Waals surface area contributed by atoms with Crippen LogP contribution in [0, 0.1) is 27.7 Å². The SMILES string of the molecule is Cc1ccc(C)c(N(C)C(=O)Cc2c(C)nn(-c3ccc(Cl)cc3)c2C)c1. The van der Waals surface area contributed by atoms with Gasteiger partial charge in [-0.2, -0.15) is 5.10 Å². The number of likely N-dealkylation sites (N-methyl/N-ethyl adjacent to an activating group) is 1. The number of hydrogen-bond donors (Lipinski definition) is 0. The van der Waals surface area contributed by atoms with Gasteiger partial charge in [-0.25, -0.2) is 4.68 Å². The molecule has 0 unspecified atom stereocenters. The largest absolute Gasteiger partial charge is 0.315 e. The number of halogens is 1. The van der Waals surface area contributed by atoms with Crippen molar-refractivity contribution in [3.63, 3.8) is 0 Å². The Labute approximate surface area is 165 Å². The molecule has 1 aromatic heterocycles. The van der Waals surface area contributed by atoms with E-state index in [1.54, 1.807) is 4.90 Å². The second-order valence-electron chi connectivity index (χ2n) is 6.96. The highest BCUT2D eigenvalue weighted by Crippen LogP contribution is 2.24. The fourth-order valence-corrected chi connectivity index (χ4v) is 3.38. The molecule has 1 amide bonds. The average molecular weight is 382 g/mol. The summed E-state index contributed by atoms with van der Waals surface area (Å²) in [5, 5.41) is 5.32. The van der Waals surface area contributed by atoms with E-state index in [9.17, 15) is 4.79 Å². The Morgan fingerprint density at radius 2 is 1.74 bits per heavy atom. The normalized spacial score (nSPS) is 10.9. The van der Waals surface area contributed by atoms with Gasteiger partial charge in [0, 0.05) is 29.0 Å². The summed E-state index contributed by atoms with van der Waals surface area (Å²) in [6.07, 6.45) is 0.315. The van der Waals surface area contributed by atoms with E-state index in [4.69, 9.17) is 11.6 Å². The van der Waals surface area contributed by atoms with Crippen molar-refractivity contribution in [2.75, 3.05) is 11.9 Å². The van der Waals surface area contributed by atoms with Crippen LogP contribution in [0.25, 0.3) is 5.69 Å². The van der Waals surface area contributed by atoms with Crippen LogP contribution in [0.2, 0.25) is 5.02 Å². The van der Waals surface area contributed by atoms with Gasteiger partial charge in [0.15, 0.2) is 0 Å². The zero-order chi connectivity index (χ0) is 19.7. The summed E-state index contributed by atoms with van der Waals surface area (Å²) < 4.78 is 1.87. The molecule has 27 heavy (non-hydrogen) atoms. The predicted octanol–water partition coefficient (Wildman–Crippen LogP) is 4.96. The van der Waals surface area contributed by atoms with Crippen LogP contribution >= 0.6 is 11.6 Å². The maximum Gasteiger partial charge on any atom is 0.231 e. The summed E-state index contributed by atoms with van der Waals surface area (Å²) in [5.41, 5.74) is 6.90. The van der Waals surface area contributed by atoms with Crippen LogP contribution in [0.15, 0.2) is 42.5 Å². The lowest BCUT2D eigenvalue weighted by molar-refractivity contribution is -0.117. The van der Waals surface area contributed by atoms with E-state index < -0.39 is 0 Å². The minimum Gasteiger partial charge on any atom is -0.315 e. The van der Waals surface area contributed by atoms with Crippen LogP contribution in [0.1, 0.15) is 28.1 Å². The van der Waals surface area contributed by atoms with Crippen LogP contribution in [0.5, 0.6) is 0 Å². The Morgan fingerprint density at radius 1 is 1.07 bits per heavy atom. The van der Waals surface area contributed by atoms with E-state index in [-0.39, 0.29) is 5.91 Å². The van der Waals surface area contributed by atoms with Crippen molar-refractivity contribution in [2.45, 2.75) is 34.1 Å². The lowest BCUT2D eigenvalue weighted by atomic mass is 10.1. The molecular formula is C22H24ClN3O. The van der Waals surface area contributed by atoms with E-state index >= 15 is 0 Å². The second-order valence-corrected chi connectivity index (χ2v) is 7.39. The molecule has 0 atom stereocenters. The number of nitrogens with zero attached hydrogens (tertiary/aromatic N) is 3. The molecule has 0 radical (unpaired) electrons. The molecule has 0 aliphatic rings. The van der Waals surface area contributed by atoms with Crippen LogP contribution in [0.3, 0.4) is 0 Å². The molecule has 3 rings (SSSR count). The van der Waals surface area contributed by atoms with Gasteiger partial charge in [0.25, 0.3) is 0 Å². The fourth-order valence-electron chi connectivity index (χ4n) is 3.25. The molecule has 5 heteroatoms. The van der Waals surface area contributed by atoms with Gasteiger partial charge >= 0.3 is 0 Å². The number of carbonyl (C=O) groups is 1. The molecule has 1 heterocycles. The molecule has 3 aromatic rings. The number of anilines is 1. The number of aromatic nitrogens is 2. The fraction of sp³-hybridized carbons (Fsp3) is 0.273. The van der Waals surface area contributed by atoms with E-state index in [0.29, 0.717) is 11.4 Å². The summed E-state index contributed by atoms with van der Waals surface area (Å²) >= 11 is 5.98. The highest BCUT2D eigenvalue weighted by molar-refractivity contribution is 6.30. The van der Waals surface area contributed by atoms with Crippen LogP contribution < -0.4 is 4.90 Å². The minimum absolute atomic E-state index is 0.0468. The van der Waals surface area contributed by atoms with Gasteiger partial charge in [0.05, 0.1) is 17.8 Å². The smallest absolute Gasteiger partial charge is 0.231 e. The molecule has 0 bridgehead atoms. The topological polar surface area (TPSA) is 38.1 Å². The Balaban J connectivity index is 1.88. The predicted molar refractivity (Wildman–Crippen MR) is 111 cm³/mol. The maximum atomic E-state index is 12.9. The van der Waals surface area contributed by atoms with E-state index in [1.165, 1.54) is 0 Å². The van der Waals surface area contributed by atoms with Gasteiger partial charge < -0.3 is 4.90 Å². The molecule has 0 aliphatic heterocycles. The van der Waals surface area contributed by atoms with Crippen LogP contribution in [0.4, 0.5) is 5.69 Å². The molecule has 140 valence electrons. The molecule has 0 N–H and O–H groups in total. The van der Waals surface area contributed by atoms with Crippen LogP contribution in [-0.2, 0) is 11.2 Å². The third-order valence-electron chi connectivity index (χ3n) is 4.94. The van der Waals surface area contributed by atoms with Crippen LogP contribution in [-0.4, -0.2) is 22.7 Å². The van der Waals surface area contributed by atoms with Gasteiger partial charge in [-0.1, -0.05) is 23.7 Å². The molecular weight excluding hydrogens is 358 g/mol. The standard InChI is InChI=1S/C22H24ClN3O/c1-14-6-7-15(2)21(12-14)25(5)22(27)13-20-16(3)24-26(17(20)4)19-10-8-18(23)9-11-19/h6-12H,13H2,1-5H3. The zero-order valence-electron chi connectivity index (χ0n) is 16.4. The first-order valence-electron chi connectivity index (χ1n) is 8.92. The maximum absolute atomic E-state index is 12.9. The molecule has 0 saturated carbocycles. The third-order valence-corrected chi connectivity index (χ3v) is 5.19. The summed E-state index contributed by atoms with van der Waals surface area (Å²) in [4.78, 5) is 14.7. The van der Waals surface area contributed by atoms with E-state index in [1.807, 2.05) is 75.8 Å². The van der Waals surface area contributed by atoms with Gasteiger partial charge in [-0.3, -0.25) is 4.79 Å². The van der Waals surface area contributed by atoms with Gasteiger partial charge in [-0.15, -0.1) is 0 Å². The van der Waals surface area contributed by atoms with Gasteiger partial charge in [0.2, 0.25) is 5.91 Å². The molecule has 2 aromatic carbocycles. The molecule has 4 nitrogen and oxygen atoms in total. The first-order chi connectivity index (χ1) is 12.8. The first-order valence-corrected chi connectivity index (χ1v) is 9.30. The summed E-state index contributed by atoms with van der Waals surface area (Å²) in [7, 11) is 1.83. The van der Waals surface area contributed by atoms with Crippen molar-refractivity contribution in [3.8, 4) is 5.69 Å². The minimum atomic E-state index is 0.0468. The van der Waals surface area contributed by atoms with Crippen molar-refractivity contribution in [1.29, 1.82) is 0 Å². The number of aryl methyl sites for hydroxylation is 3. The molecule has 0 fully saturated rings. The Kier molecular flexibility index (Phi) is 5.38. The number of hydrogen-bond acceptors (Lipinski definition) is 2. The number of benzene rings is 2. The highest BCUT2D eigenvalue weighted by atomic mass is 35.5. The Morgan fingerprint density at radius 3 is 2.41 bits per heavy atom. The average Bonchev–Trinajstić information content (AvgIpc) is 2.92. The molecule has 0 aliphatic carbocycles. The van der Waals surface area contributed by atoms with Crippen molar-refractivity contribution in [2.24, 2.45) is 0 Å². The zero-order valence-corrected chi connectivity index (χ0v) is 17.1. The summed E-state index contributed by atoms with van der Waals surface area (Å²) in [6.45, 7) is 7.99. The Hall–Kier alpha value is -2.59. The summed E-state index contributed by atoms with van der Waals surface area (Å²) in [5.74, 6) is 0.0468. The molecule has 0 saturated heterocycles. The summed E-state index contributed by atoms with van der Waals surface area (Å²) in [6, 6.07) is 13.7. The van der Waals surface area contributed by atoms with E-state index in [0.717, 1.165) is 39.5 Å². The number of amides is 1. The highest BCUT2D eigenvalue weighted by Gasteiger charge is 2.19. The third kappa shape index (κ3) is 3.91. The number of carbonyl (C=O) groups excluding carboxylic acids is 1. The lowest BCUT2D eigenvalue weighted by Crippen LogP contribution is -2.29. The number of rotatable bonds is 4. The van der Waals surface area contributed by atoms with Crippen molar-refractivity contribution in [1.82, 2.24) is 9.78 Å². The van der Waals surface area contributed by atoms with Gasteiger partial charge in [0.1, 0.15) is 0 Å². The van der Waals surface area contributed by atoms with E-state index in [2.05, 4.69) is 11.2 Å². The molecule has 0 spiro atoms. The van der Waals surface area contributed by atoms with Crippen molar-refractivity contribution in [3.05, 3.63) is 75.6 Å². The van der Waals surface area contributed by atoms with Gasteiger partial charge in [-0.05, 0) is 69.2 Å². The Bertz CT molecular complexity index is 990. The van der Waals surface area contributed by atoms with Crippen molar-refractivity contribution < 1.29 is 4.79 Å². The quantitative estimate of drug-likeness (QED) is 0.640. The monoisotopic (exact) mass is 381 g/mol. The second kappa shape index (κ2) is 7.57. The first kappa shape index (κ1) is 19.2. The lowest BCUT2D eigenvalue weighted by Gasteiger charge is -2.20. The van der Waals surface area contributed by atoms with Crippen molar-refractivity contribution >= 4 is 23.2 Å².